The van der Waals surface area contributed by atoms with Gasteiger partial charge >= 0.3 is 5.97 Å². The average molecular weight is 200 g/mol. The molecule has 80 valence electrons. The van der Waals surface area contributed by atoms with E-state index in [4.69, 9.17) is 14.2 Å². The summed E-state index contributed by atoms with van der Waals surface area (Å²) >= 11 is 0. The second-order valence-corrected chi connectivity index (χ2v) is 3.05. The average Bonchev–Trinajstić information content (AvgIpc) is 2.61. The molecule has 0 saturated heterocycles. The zero-order valence-corrected chi connectivity index (χ0v) is 8.78. The fourth-order valence-electron chi connectivity index (χ4n) is 1.38. The molecule has 0 spiro atoms. The molecule has 2 atom stereocenters. The summed E-state index contributed by atoms with van der Waals surface area (Å²) in [6, 6.07) is 0. The minimum Gasteiger partial charge on any atom is -0.460 e. The zero-order chi connectivity index (χ0) is 10.6. The summed E-state index contributed by atoms with van der Waals surface area (Å²) < 4.78 is 15.2. The number of ether oxygens (including phenoxy) is 3. The molecule has 1 heterocycles. The lowest BCUT2D eigenvalue weighted by atomic mass is 10.1. The third-order valence-corrected chi connectivity index (χ3v) is 2.14. The normalized spacial score (nSPS) is 25.5. The van der Waals surface area contributed by atoms with Crippen LogP contribution in [-0.2, 0) is 19.0 Å². The molecular formula is C10H16O4. The molecule has 0 radical (unpaired) electrons. The lowest BCUT2D eigenvalue weighted by Gasteiger charge is -2.15. The van der Waals surface area contributed by atoms with Gasteiger partial charge in [-0.3, -0.25) is 0 Å². The summed E-state index contributed by atoms with van der Waals surface area (Å²) in [5.41, 5.74) is 0. The van der Waals surface area contributed by atoms with E-state index in [0.717, 1.165) is 6.42 Å². The molecule has 0 aromatic heterocycles. The van der Waals surface area contributed by atoms with Crippen LogP contribution in [0, 0.1) is 5.92 Å². The Morgan fingerprint density at radius 2 is 2.29 bits per heavy atom. The molecule has 1 aliphatic rings. The molecule has 0 amide bonds. The Hall–Kier alpha value is -1.03. The summed E-state index contributed by atoms with van der Waals surface area (Å²) in [6.07, 6.45) is 2.30. The monoisotopic (exact) mass is 200 g/mol. The number of esters is 1. The van der Waals surface area contributed by atoms with E-state index in [1.165, 1.54) is 0 Å². The van der Waals surface area contributed by atoms with Crippen molar-refractivity contribution < 1.29 is 19.0 Å². The van der Waals surface area contributed by atoms with Crippen LogP contribution in [0.3, 0.4) is 0 Å². The highest BCUT2D eigenvalue weighted by atomic mass is 16.7. The minimum atomic E-state index is -0.412. The van der Waals surface area contributed by atoms with Crippen LogP contribution in [0.5, 0.6) is 0 Å². The van der Waals surface area contributed by atoms with Gasteiger partial charge in [-0.05, 0) is 19.4 Å². The lowest BCUT2D eigenvalue weighted by Crippen LogP contribution is -2.19. The van der Waals surface area contributed by atoms with Crippen molar-refractivity contribution in [2.75, 3.05) is 13.7 Å². The van der Waals surface area contributed by atoms with E-state index in [1.54, 1.807) is 20.1 Å². The Bertz CT molecular complexity index is 234. The van der Waals surface area contributed by atoms with Gasteiger partial charge in [0, 0.05) is 13.0 Å². The van der Waals surface area contributed by atoms with Crippen molar-refractivity contribution in [3.8, 4) is 0 Å². The summed E-state index contributed by atoms with van der Waals surface area (Å²) in [4.78, 5) is 11.3. The van der Waals surface area contributed by atoms with Gasteiger partial charge in [-0.15, -0.1) is 0 Å². The van der Waals surface area contributed by atoms with Gasteiger partial charge in [0.15, 0.2) is 0 Å². The van der Waals surface area contributed by atoms with Crippen LogP contribution >= 0.6 is 0 Å². The van der Waals surface area contributed by atoms with Crippen molar-refractivity contribution in [2.24, 2.45) is 5.92 Å². The summed E-state index contributed by atoms with van der Waals surface area (Å²) in [5.74, 6) is -0.00421. The van der Waals surface area contributed by atoms with Gasteiger partial charge < -0.3 is 14.2 Å². The number of hydrogen-bond acceptors (Lipinski definition) is 4. The van der Waals surface area contributed by atoms with E-state index >= 15 is 0 Å². The van der Waals surface area contributed by atoms with Crippen molar-refractivity contribution in [1.82, 2.24) is 0 Å². The van der Waals surface area contributed by atoms with Gasteiger partial charge in [-0.25, -0.2) is 4.79 Å². The first-order chi connectivity index (χ1) is 6.72. The van der Waals surface area contributed by atoms with Crippen molar-refractivity contribution >= 4 is 5.97 Å². The van der Waals surface area contributed by atoms with E-state index in [1.807, 2.05) is 6.92 Å². The zero-order valence-electron chi connectivity index (χ0n) is 8.78. The molecule has 4 nitrogen and oxygen atoms in total. The first-order valence-corrected chi connectivity index (χ1v) is 4.81. The Labute approximate surface area is 83.8 Å². The Kier molecular flexibility index (Phi) is 3.95. The largest absolute Gasteiger partial charge is 0.460 e. The Morgan fingerprint density at radius 1 is 1.57 bits per heavy atom. The fraction of sp³-hybridized carbons (Fsp3) is 0.700. The minimum absolute atomic E-state index is 0.138. The summed E-state index contributed by atoms with van der Waals surface area (Å²) in [5, 5.41) is 0. The highest BCUT2D eigenvalue weighted by molar-refractivity contribution is 5.86. The highest BCUT2D eigenvalue weighted by Gasteiger charge is 2.31. The molecular weight excluding hydrogens is 184 g/mol. The molecule has 0 aromatic rings. The molecule has 0 aromatic carbocycles. The van der Waals surface area contributed by atoms with Gasteiger partial charge in [0.2, 0.25) is 12.0 Å². The molecule has 0 N–H and O–H groups in total. The summed E-state index contributed by atoms with van der Waals surface area (Å²) in [6.45, 7) is 4.14. The molecule has 4 heteroatoms. The molecule has 0 unspecified atom stereocenters. The smallest absolute Gasteiger partial charge is 0.373 e. The third kappa shape index (κ3) is 2.26. The number of carbonyl (C=O) groups excluding carboxylic acids is 1. The maximum Gasteiger partial charge on any atom is 0.373 e. The molecule has 14 heavy (non-hydrogen) atoms. The maximum atomic E-state index is 11.3. The molecule has 0 aliphatic carbocycles. The number of carbonyl (C=O) groups is 1. The first kappa shape index (κ1) is 11.0. The predicted octanol–water partition coefficient (Wildman–Crippen LogP) is 1.46. The van der Waals surface area contributed by atoms with E-state index < -0.39 is 5.97 Å². The number of rotatable bonds is 4. The van der Waals surface area contributed by atoms with E-state index in [0.29, 0.717) is 6.61 Å². The van der Waals surface area contributed by atoms with E-state index in [2.05, 4.69) is 0 Å². The topological polar surface area (TPSA) is 44.8 Å². The van der Waals surface area contributed by atoms with Gasteiger partial charge in [0.25, 0.3) is 0 Å². The van der Waals surface area contributed by atoms with Crippen LogP contribution in [0.25, 0.3) is 0 Å². The van der Waals surface area contributed by atoms with Crippen molar-refractivity contribution in [2.45, 2.75) is 26.6 Å². The van der Waals surface area contributed by atoms with Gasteiger partial charge in [0.1, 0.15) is 0 Å². The van der Waals surface area contributed by atoms with Crippen LogP contribution < -0.4 is 0 Å². The van der Waals surface area contributed by atoms with Gasteiger partial charge in [-0.1, -0.05) is 6.92 Å². The van der Waals surface area contributed by atoms with Crippen LogP contribution in [0.15, 0.2) is 11.8 Å². The van der Waals surface area contributed by atoms with E-state index in [-0.39, 0.29) is 18.0 Å². The van der Waals surface area contributed by atoms with Crippen LogP contribution in [0.4, 0.5) is 0 Å². The predicted molar refractivity (Wildman–Crippen MR) is 50.4 cm³/mol. The molecule has 1 rings (SSSR count). The highest BCUT2D eigenvalue weighted by Crippen LogP contribution is 2.26. The molecule has 1 aliphatic heterocycles. The lowest BCUT2D eigenvalue weighted by molar-refractivity contribution is -0.151. The molecule has 0 fully saturated rings. The Balaban J connectivity index is 2.60. The SMILES string of the molecule is CCOC(=O)C1=C[C@@H](CC)[C@H](OC)O1. The van der Waals surface area contributed by atoms with Gasteiger partial charge in [0.05, 0.1) is 6.61 Å². The molecule has 0 bridgehead atoms. The first-order valence-electron chi connectivity index (χ1n) is 4.81. The number of hydrogen-bond donors (Lipinski definition) is 0. The van der Waals surface area contributed by atoms with Gasteiger partial charge in [-0.2, -0.15) is 0 Å². The standard InChI is InChI=1S/C10H16O4/c1-4-7-6-8(9(11)13-5-2)14-10(7)12-3/h6-7,10H,4-5H2,1-3H3/t7-,10-/m1/s1. The van der Waals surface area contributed by atoms with Crippen LogP contribution in [-0.4, -0.2) is 26.0 Å². The second kappa shape index (κ2) is 5.00. The quantitative estimate of drug-likeness (QED) is 0.644. The third-order valence-electron chi connectivity index (χ3n) is 2.14. The van der Waals surface area contributed by atoms with E-state index in [9.17, 15) is 4.79 Å². The fourth-order valence-corrected chi connectivity index (χ4v) is 1.38. The number of methoxy groups -OCH3 is 1. The van der Waals surface area contributed by atoms with Crippen molar-refractivity contribution in [3.05, 3.63) is 11.8 Å². The van der Waals surface area contributed by atoms with Crippen LogP contribution in [0.1, 0.15) is 20.3 Å². The van der Waals surface area contributed by atoms with Crippen molar-refractivity contribution in [3.63, 3.8) is 0 Å². The maximum absolute atomic E-state index is 11.3. The summed E-state index contributed by atoms with van der Waals surface area (Å²) in [7, 11) is 1.56. The van der Waals surface area contributed by atoms with Crippen molar-refractivity contribution in [1.29, 1.82) is 0 Å². The second-order valence-electron chi connectivity index (χ2n) is 3.05. The Morgan fingerprint density at radius 3 is 2.71 bits per heavy atom. The molecule has 0 saturated carbocycles. The van der Waals surface area contributed by atoms with Crippen LogP contribution in [0.2, 0.25) is 0 Å².